The second-order valence-electron chi connectivity index (χ2n) is 5.16. The average molecular weight is 267 g/mol. The van der Waals surface area contributed by atoms with Crippen LogP contribution in [0.1, 0.15) is 17.7 Å². The van der Waals surface area contributed by atoms with Gasteiger partial charge >= 0.3 is 0 Å². The molecule has 0 saturated carbocycles. The summed E-state index contributed by atoms with van der Waals surface area (Å²) in [5.41, 5.74) is 4.37. The molecule has 0 saturated heterocycles. The molecule has 1 aromatic heterocycles. The van der Waals surface area contributed by atoms with Crippen molar-refractivity contribution in [3.8, 4) is 0 Å². The Kier molecular flexibility index (Phi) is 2.36. The molecule has 2 aliphatic rings. The first-order chi connectivity index (χ1) is 9.75. The third kappa shape index (κ3) is 1.49. The van der Waals surface area contributed by atoms with E-state index in [4.69, 9.17) is 4.74 Å². The normalized spacial score (nSPS) is 16.9. The summed E-state index contributed by atoms with van der Waals surface area (Å²) < 4.78 is 21.6. The first-order valence-electron chi connectivity index (χ1n) is 6.72. The molecule has 4 rings (SSSR count). The Balaban J connectivity index is 2.06. The molecule has 1 aliphatic heterocycles. The topological polar surface area (TPSA) is 14.2 Å². The highest BCUT2D eigenvalue weighted by Gasteiger charge is 2.25. The van der Waals surface area contributed by atoms with Gasteiger partial charge in [0.2, 0.25) is 0 Å². The number of fused-ring (bicyclic) bond motifs is 4. The molecule has 1 aliphatic carbocycles. The minimum absolute atomic E-state index is 0.205. The predicted molar refractivity (Wildman–Crippen MR) is 77.5 cm³/mol. The van der Waals surface area contributed by atoms with Crippen LogP contribution in [0.4, 0.5) is 4.39 Å². The van der Waals surface area contributed by atoms with E-state index in [0.717, 1.165) is 39.9 Å². The van der Waals surface area contributed by atoms with Crippen LogP contribution in [0.25, 0.3) is 16.5 Å². The Hall–Kier alpha value is -2.29. The zero-order chi connectivity index (χ0) is 13.7. The van der Waals surface area contributed by atoms with E-state index in [-0.39, 0.29) is 5.82 Å². The smallest absolute Gasteiger partial charge is 0.123 e. The minimum Gasteiger partial charge on any atom is -0.492 e. The molecule has 0 unspecified atom stereocenters. The van der Waals surface area contributed by atoms with Gasteiger partial charge in [-0.3, -0.25) is 0 Å². The number of allylic oxidation sites excluding steroid dienone is 5. The van der Waals surface area contributed by atoms with Gasteiger partial charge in [0.05, 0.1) is 5.69 Å². The summed E-state index contributed by atoms with van der Waals surface area (Å²) in [7, 11) is 2.03. The maximum Gasteiger partial charge on any atom is 0.123 e. The molecule has 100 valence electrons. The highest BCUT2D eigenvalue weighted by Crippen LogP contribution is 2.38. The lowest BCUT2D eigenvalue weighted by Crippen LogP contribution is -2.08. The van der Waals surface area contributed by atoms with E-state index in [1.54, 1.807) is 6.07 Å². The minimum atomic E-state index is -0.205. The number of hydrogen-bond donors (Lipinski definition) is 0. The fraction of sp³-hybridized carbons (Fsp3) is 0.176. The van der Waals surface area contributed by atoms with Crippen LogP contribution in [-0.4, -0.2) is 4.57 Å². The number of benzene rings is 1. The number of rotatable bonds is 0. The lowest BCUT2D eigenvalue weighted by Gasteiger charge is -2.20. The molecule has 0 spiro atoms. The number of hydrogen-bond acceptors (Lipinski definition) is 1. The van der Waals surface area contributed by atoms with Gasteiger partial charge in [-0.1, -0.05) is 18.2 Å². The van der Waals surface area contributed by atoms with E-state index in [2.05, 4.69) is 16.7 Å². The van der Waals surface area contributed by atoms with Crippen molar-refractivity contribution in [3.63, 3.8) is 0 Å². The summed E-state index contributed by atoms with van der Waals surface area (Å²) in [6.45, 7) is 0.511. The number of ether oxygens (including phenoxy) is 1. The predicted octanol–water partition coefficient (Wildman–Crippen LogP) is 4.07. The Bertz CT molecular complexity index is 808. The number of halogens is 1. The molecular weight excluding hydrogens is 253 g/mol. The van der Waals surface area contributed by atoms with Crippen LogP contribution < -0.4 is 0 Å². The summed E-state index contributed by atoms with van der Waals surface area (Å²) in [6, 6.07) is 4.94. The Labute approximate surface area is 116 Å². The van der Waals surface area contributed by atoms with Crippen LogP contribution >= 0.6 is 0 Å². The highest BCUT2D eigenvalue weighted by atomic mass is 19.1. The van der Waals surface area contributed by atoms with Gasteiger partial charge < -0.3 is 9.30 Å². The van der Waals surface area contributed by atoms with Crippen molar-refractivity contribution in [2.24, 2.45) is 7.05 Å². The van der Waals surface area contributed by atoms with E-state index >= 15 is 0 Å². The second-order valence-corrected chi connectivity index (χ2v) is 5.16. The highest BCUT2D eigenvalue weighted by molar-refractivity contribution is 5.93. The molecule has 0 amide bonds. The molecule has 1 aromatic carbocycles. The molecule has 3 heteroatoms. The maximum absolute atomic E-state index is 13.5. The van der Waals surface area contributed by atoms with E-state index in [9.17, 15) is 4.39 Å². The van der Waals surface area contributed by atoms with Crippen molar-refractivity contribution in [1.29, 1.82) is 0 Å². The summed E-state index contributed by atoms with van der Waals surface area (Å²) >= 11 is 0. The zero-order valence-corrected chi connectivity index (χ0v) is 11.2. The van der Waals surface area contributed by atoms with Crippen LogP contribution in [0.5, 0.6) is 0 Å². The van der Waals surface area contributed by atoms with Crippen molar-refractivity contribution in [3.05, 3.63) is 65.3 Å². The fourth-order valence-corrected chi connectivity index (χ4v) is 3.10. The standard InChI is InChI=1S/C17H14FNO/c1-19-15-8-7-11(18)9-13(15)14-10-20-16-6-4-2-3-5-12(16)17(14)19/h2-5,7-9H,6,10H2,1H3. The quantitative estimate of drug-likeness (QED) is 0.701. The van der Waals surface area contributed by atoms with Gasteiger partial charge in [0.25, 0.3) is 0 Å². The summed E-state index contributed by atoms with van der Waals surface area (Å²) in [5, 5.41) is 0.944. The number of aryl methyl sites for hydroxylation is 1. The third-order valence-corrected chi connectivity index (χ3v) is 4.03. The maximum atomic E-state index is 13.5. The molecule has 0 N–H and O–H groups in total. The average Bonchev–Trinajstić information content (AvgIpc) is 2.63. The molecule has 0 radical (unpaired) electrons. The van der Waals surface area contributed by atoms with Gasteiger partial charge in [0.15, 0.2) is 0 Å². The van der Waals surface area contributed by atoms with Crippen LogP contribution in [0.3, 0.4) is 0 Å². The lowest BCUT2D eigenvalue weighted by molar-refractivity contribution is 0.192. The van der Waals surface area contributed by atoms with Crippen LogP contribution in [0.15, 0.2) is 48.3 Å². The van der Waals surface area contributed by atoms with Gasteiger partial charge in [-0.25, -0.2) is 4.39 Å². The lowest BCUT2D eigenvalue weighted by atomic mass is 10.0. The van der Waals surface area contributed by atoms with Gasteiger partial charge in [-0.15, -0.1) is 0 Å². The van der Waals surface area contributed by atoms with E-state index in [1.165, 1.54) is 6.07 Å². The Morgan fingerprint density at radius 3 is 3.05 bits per heavy atom. The monoisotopic (exact) mass is 267 g/mol. The van der Waals surface area contributed by atoms with Gasteiger partial charge in [-0.2, -0.15) is 0 Å². The molecule has 2 aromatic rings. The van der Waals surface area contributed by atoms with Crippen LogP contribution in [0, 0.1) is 5.82 Å². The molecule has 2 heterocycles. The second kappa shape index (κ2) is 4.10. The summed E-state index contributed by atoms with van der Waals surface area (Å²) in [4.78, 5) is 0. The van der Waals surface area contributed by atoms with Crippen molar-refractivity contribution < 1.29 is 9.13 Å². The van der Waals surface area contributed by atoms with Crippen LogP contribution in [0.2, 0.25) is 0 Å². The van der Waals surface area contributed by atoms with E-state index in [0.29, 0.717) is 6.61 Å². The van der Waals surface area contributed by atoms with Crippen molar-refractivity contribution in [2.45, 2.75) is 13.0 Å². The van der Waals surface area contributed by atoms with E-state index in [1.807, 2.05) is 25.3 Å². The molecule has 20 heavy (non-hydrogen) atoms. The fourth-order valence-electron chi connectivity index (χ4n) is 3.10. The Morgan fingerprint density at radius 1 is 1.25 bits per heavy atom. The largest absolute Gasteiger partial charge is 0.492 e. The van der Waals surface area contributed by atoms with Crippen molar-refractivity contribution in [2.75, 3.05) is 0 Å². The first-order valence-corrected chi connectivity index (χ1v) is 6.72. The number of nitrogens with zero attached hydrogens (tertiary/aromatic N) is 1. The molecular formula is C17H14FNO. The van der Waals surface area contributed by atoms with Crippen molar-refractivity contribution in [1.82, 2.24) is 4.57 Å². The molecule has 0 fully saturated rings. The van der Waals surface area contributed by atoms with Gasteiger partial charge in [0.1, 0.15) is 18.2 Å². The number of aromatic nitrogens is 1. The third-order valence-electron chi connectivity index (χ3n) is 4.03. The zero-order valence-electron chi connectivity index (χ0n) is 11.2. The SMILES string of the molecule is Cn1c2c(c3cc(F)ccc31)COC1=C2C=CC=CC1. The Morgan fingerprint density at radius 2 is 2.15 bits per heavy atom. The van der Waals surface area contributed by atoms with Crippen molar-refractivity contribution >= 4 is 16.5 Å². The summed E-state index contributed by atoms with van der Waals surface area (Å²) in [6.07, 6.45) is 9.03. The molecule has 0 atom stereocenters. The van der Waals surface area contributed by atoms with Gasteiger partial charge in [0, 0.05) is 35.5 Å². The summed E-state index contributed by atoms with van der Waals surface area (Å²) in [5.74, 6) is 0.789. The molecule has 0 bridgehead atoms. The van der Waals surface area contributed by atoms with E-state index < -0.39 is 0 Å². The van der Waals surface area contributed by atoms with Crippen LogP contribution in [-0.2, 0) is 18.4 Å². The van der Waals surface area contributed by atoms with Gasteiger partial charge in [-0.05, 0) is 24.3 Å². The molecule has 2 nitrogen and oxygen atoms in total. The first kappa shape index (κ1) is 11.5.